The quantitative estimate of drug-likeness (QED) is 0.732. The van der Waals surface area contributed by atoms with E-state index < -0.39 is 0 Å². The lowest BCUT2D eigenvalue weighted by Crippen LogP contribution is -2.31. The van der Waals surface area contributed by atoms with Gasteiger partial charge in [0.1, 0.15) is 0 Å². The average molecular weight is 256 g/mol. The van der Waals surface area contributed by atoms with Crippen molar-refractivity contribution in [3.05, 3.63) is 42.5 Å². The number of fused-ring (bicyclic) bond motifs is 1. The van der Waals surface area contributed by atoms with Crippen LogP contribution in [0.5, 0.6) is 0 Å². The summed E-state index contributed by atoms with van der Waals surface area (Å²) in [4.78, 5) is 15.3. The van der Waals surface area contributed by atoms with Crippen LogP contribution in [0, 0.1) is 0 Å². The van der Waals surface area contributed by atoms with Gasteiger partial charge in [-0.3, -0.25) is 9.69 Å². The average Bonchev–Trinajstić information content (AvgIpc) is 2.63. The molecule has 0 radical (unpaired) electrons. The number of carbonyl (C=O) groups excluding carboxylic acids is 1. The minimum absolute atomic E-state index is 0.0257. The molecule has 90 valence electrons. The summed E-state index contributed by atoms with van der Waals surface area (Å²) in [6, 6.07) is 14.0. The molecule has 4 heteroatoms. The molecule has 0 saturated carbocycles. The van der Waals surface area contributed by atoms with Crippen LogP contribution in [0.3, 0.4) is 0 Å². The maximum atomic E-state index is 11.9. The molecule has 0 unspecified atom stereocenters. The second-order valence-corrected chi connectivity index (χ2v) is 4.76. The van der Waals surface area contributed by atoms with Crippen LogP contribution in [0.25, 0.3) is 10.8 Å². The zero-order valence-corrected chi connectivity index (χ0v) is 10.8. The fourth-order valence-corrected chi connectivity index (χ4v) is 2.46. The van der Waals surface area contributed by atoms with Gasteiger partial charge in [-0.05, 0) is 35.1 Å². The minimum atomic E-state index is 0.0257. The number of anilines is 1. The van der Waals surface area contributed by atoms with Crippen LogP contribution in [0.2, 0.25) is 0 Å². The minimum Gasteiger partial charge on any atom is -0.342 e. The smallest absolute Gasteiger partial charge is 0.252 e. The molecule has 2 aromatic rings. The van der Waals surface area contributed by atoms with Gasteiger partial charge in [0.2, 0.25) is 0 Å². The van der Waals surface area contributed by atoms with E-state index in [0.717, 1.165) is 16.5 Å². The van der Waals surface area contributed by atoms with Crippen molar-refractivity contribution in [2.45, 2.75) is 0 Å². The van der Waals surface area contributed by atoms with E-state index in [2.05, 4.69) is 6.07 Å². The standard InChI is InChI=1S/C14H12N2OS/c1-15-9-13(17)16(14(15)18)12-7-6-10-4-2-3-5-11(10)8-12/h2-8H,9H2,1H3. The number of thiocarbonyl (C=S) groups is 1. The highest BCUT2D eigenvalue weighted by Crippen LogP contribution is 2.25. The van der Waals surface area contributed by atoms with Gasteiger partial charge in [-0.25, -0.2) is 0 Å². The van der Waals surface area contributed by atoms with Gasteiger partial charge in [-0.2, -0.15) is 0 Å². The second kappa shape index (κ2) is 4.07. The van der Waals surface area contributed by atoms with Gasteiger partial charge in [0.25, 0.3) is 5.91 Å². The molecule has 0 aromatic heterocycles. The Bertz CT molecular complexity index is 653. The van der Waals surface area contributed by atoms with Gasteiger partial charge in [0.15, 0.2) is 5.11 Å². The van der Waals surface area contributed by atoms with E-state index in [1.165, 1.54) is 0 Å². The Labute approximate surface area is 111 Å². The number of rotatable bonds is 1. The molecule has 2 aromatic carbocycles. The molecule has 0 N–H and O–H groups in total. The molecule has 0 spiro atoms. The molecule has 1 heterocycles. The van der Waals surface area contributed by atoms with Crippen molar-refractivity contribution in [2.24, 2.45) is 0 Å². The molecule has 1 amide bonds. The lowest BCUT2D eigenvalue weighted by Gasteiger charge is -2.17. The Balaban J connectivity index is 2.09. The lowest BCUT2D eigenvalue weighted by molar-refractivity contribution is -0.116. The van der Waals surface area contributed by atoms with Gasteiger partial charge in [0, 0.05) is 7.05 Å². The SMILES string of the molecule is CN1CC(=O)N(c2ccc3ccccc3c2)C1=S. The summed E-state index contributed by atoms with van der Waals surface area (Å²) in [5.74, 6) is 0.0257. The number of amides is 1. The third kappa shape index (κ3) is 1.66. The van der Waals surface area contributed by atoms with Crippen molar-refractivity contribution in [1.82, 2.24) is 4.90 Å². The third-order valence-electron chi connectivity index (χ3n) is 3.13. The highest BCUT2D eigenvalue weighted by Gasteiger charge is 2.31. The Morgan fingerprint density at radius 3 is 2.50 bits per heavy atom. The first-order valence-corrected chi connectivity index (χ1v) is 6.14. The summed E-state index contributed by atoms with van der Waals surface area (Å²) in [7, 11) is 1.83. The van der Waals surface area contributed by atoms with Gasteiger partial charge in [-0.1, -0.05) is 30.3 Å². The molecule has 3 rings (SSSR count). The molecule has 0 atom stereocenters. The van der Waals surface area contributed by atoms with E-state index >= 15 is 0 Å². The normalized spacial score (nSPS) is 15.8. The van der Waals surface area contributed by atoms with Crippen molar-refractivity contribution in [3.63, 3.8) is 0 Å². The first-order chi connectivity index (χ1) is 8.66. The number of hydrogen-bond acceptors (Lipinski definition) is 2. The van der Waals surface area contributed by atoms with Crippen molar-refractivity contribution < 1.29 is 4.79 Å². The van der Waals surface area contributed by atoms with Gasteiger partial charge in [0.05, 0.1) is 12.2 Å². The maximum absolute atomic E-state index is 11.9. The van der Waals surface area contributed by atoms with Crippen molar-refractivity contribution in [3.8, 4) is 0 Å². The van der Waals surface area contributed by atoms with Crippen LogP contribution in [0.1, 0.15) is 0 Å². The van der Waals surface area contributed by atoms with Crippen molar-refractivity contribution in [1.29, 1.82) is 0 Å². The summed E-state index contributed by atoms with van der Waals surface area (Å²) in [6.07, 6.45) is 0. The highest BCUT2D eigenvalue weighted by atomic mass is 32.1. The molecule has 1 aliphatic rings. The summed E-state index contributed by atoms with van der Waals surface area (Å²) < 4.78 is 0. The van der Waals surface area contributed by atoms with Crippen LogP contribution < -0.4 is 4.90 Å². The highest BCUT2D eigenvalue weighted by molar-refractivity contribution is 7.80. The Hall–Kier alpha value is -1.94. The molecular formula is C14H12N2OS. The summed E-state index contributed by atoms with van der Waals surface area (Å²) in [5.41, 5.74) is 0.841. The lowest BCUT2D eigenvalue weighted by atomic mass is 10.1. The van der Waals surface area contributed by atoms with E-state index in [-0.39, 0.29) is 5.91 Å². The van der Waals surface area contributed by atoms with E-state index in [9.17, 15) is 4.79 Å². The van der Waals surface area contributed by atoms with E-state index in [0.29, 0.717) is 11.7 Å². The molecule has 1 fully saturated rings. The van der Waals surface area contributed by atoms with Crippen LogP contribution in [0.4, 0.5) is 5.69 Å². The fraction of sp³-hybridized carbons (Fsp3) is 0.143. The predicted molar refractivity (Wildman–Crippen MR) is 76.7 cm³/mol. The molecule has 0 aliphatic carbocycles. The summed E-state index contributed by atoms with van der Waals surface area (Å²) in [5, 5.41) is 2.84. The molecule has 0 bridgehead atoms. The third-order valence-corrected chi connectivity index (χ3v) is 3.63. The fourth-order valence-electron chi connectivity index (χ4n) is 2.19. The van der Waals surface area contributed by atoms with Crippen LogP contribution in [-0.2, 0) is 4.79 Å². The van der Waals surface area contributed by atoms with Crippen molar-refractivity contribution in [2.75, 3.05) is 18.5 Å². The zero-order valence-electron chi connectivity index (χ0n) is 9.96. The second-order valence-electron chi connectivity index (χ2n) is 4.40. The van der Waals surface area contributed by atoms with Gasteiger partial charge < -0.3 is 4.90 Å². The largest absolute Gasteiger partial charge is 0.342 e. The monoisotopic (exact) mass is 256 g/mol. The first-order valence-electron chi connectivity index (χ1n) is 5.74. The first kappa shape index (κ1) is 11.2. The van der Waals surface area contributed by atoms with Gasteiger partial charge in [-0.15, -0.1) is 0 Å². The van der Waals surface area contributed by atoms with Gasteiger partial charge >= 0.3 is 0 Å². The van der Waals surface area contributed by atoms with E-state index in [1.54, 1.807) is 9.80 Å². The zero-order chi connectivity index (χ0) is 12.7. The molecular weight excluding hydrogens is 244 g/mol. The Kier molecular flexibility index (Phi) is 2.52. The van der Waals surface area contributed by atoms with Crippen LogP contribution >= 0.6 is 12.2 Å². The number of nitrogens with zero attached hydrogens (tertiary/aromatic N) is 2. The predicted octanol–water partition coefficient (Wildman–Crippen LogP) is 2.40. The summed E-state index contributed by atoms with van der Waals surface area (Å²) >= 11 is 5.28. The molecule has 18 heavy (non-hydrogen) atoms. The topological polar surface area (TPSA) is 23.6 Å². The number of carbonyl (C=O) groups is 1. The number of hydrogen-bond donors (Lipinski definition) is 0. The number of likely N-dealkylation sites (N-methyl/N-ethyl adjacent to an activating group) is 1. The van der Waals surface area contributed by atoms with Crippen molar-refractivity contribution >= 4 is 39.7 Å². The Morgan fingerprint density at radius 1 is 1.11 bits per heavy atom. The van der Waals surface area contributed by atoms with Crippen LogP contribution in [0.15, 0.2) is 42.5 Å². The van der Waals surface area contributed by atoms with E-state index in [4.69, 9.17) is 12.2 Å². The summed E-state index contributed by atoms with van der Waals surface area (Å²) in [6.45, 7) is 0.353. The number of benzene rings is 2. The Morgan fingerprint density at radius 2 is 1.83 bits per heavy atom. The van der Waals surface area contributed by atoms with Crippen LogP contribution in [-0.4, -0.2) is 29.5 Å². The molecule has 3 nitrogen and oxygen atoms in total. The van der Waals surface area contributed by atoms with E-state index in [1.807, 2.05) is 43.4 Å². The molecule has 1 saturated heterocycles. The maximum Gasteiger partial charge on any atom is 0.252 e. The molecule has 1 aliphatic heterocycles.